The molecule has 4 N–H and O–H groups in total. The number of anilines is 1. The Hall–Kier alpha value is -2.25. The zero-order valence-corrected chi connectivity index (χ0v) is 14.2. The molecule has 0 aliphatic heterocycles. The summed E-state index contributed by atoms with van der Waals surface area (Å²) >= 11 is 0. The zero-order chi connectivity index (χ0) is 18.9. The largest absolute Gasteiger partial charge is 0.418 e. The van der Waals surface area contributed by atoms with E-state index < -0.39 is 29.2 Å². The lowest BCUT2D eigenvalue weighted by atomic mass is 9.69. The van der Waals surface area contributed by atoms with Crippen LogP contribution in [0.5, 0.6) is 0 Å². The highest BCUT2D eigenvalue weighted by atomic mass is 19.4. The number of nitrogens with two attached hydrogens (primary N) is 1. The third-order valence-electron chi connectivity index (χ3n) is 4.76. The van der Waals surface area contributed by atoms with E-state index in [1.807, 2.05) is 0 Å². The topological polar surface area (TPSA) is 84.2 Å². The van der Waals surface area contributed by atoms with Crippen LogP contribution in [-0.2, 0) is 11.0 Å². The Balaban J connectivity index is 2.15. The lowest BCUT2D eigenvalue weighted by Crippen LogP contribution is -2.60. The van der Waals surface area contributed by atoms with Gasteiger partial charge < -0.3 is 16.4 Å². The molecule has 0 aromatic heterocycles. The lowest BCUT2D eigenvalue weighted by Gasteiger charge is -2.41. The van der Waals surface area contributed by atoms with E-state index in [1.165, 1.54) is 12.1 Å². The molecule has 1 fully saturated rings. The summed E-state index contributed by atoms with van der Waals surface area (Å²) in [5.74, 6) is -0.678. The molecular weight excluding hydrogens is 335 g/mol. The summed E-state index contributed by atoms with van der Waals surface area (Å²) in [5.41, 5.74) is 2.93. The molecule has 2 rings (SSSR count). The quantitative estimate of drug-likeness (QED) is 0.771. The van der Waals surface area contributed by atoms with E-state index in [9.17, 15) is 22.8 Å². The van der Waals surface area contributed by atoms with Crippen LogP contribution in [0, 0.1) is 5.41 Å². The van der Waals surface area contributed by atoms with Gasteiger partial charge in [0.25, 0.3) is 0 Å². The first-order chi connectivity index (χ1) is 11.5. The summed E-state index contributed by atoms with van der Waals surface area (Å²) in [4.78, 5) is 24.1. The van der Waals surface area contributed by atoms with Crippen LogP contribution in [0.3, 0.4) is 0 Å². The van der Waals surface area contributed by atoms with E-state index in [0.29, 0.717) is 25.7 Å². The van der Waals surface area contributed by atoms with Crippen LogP contribution in [0.1, 0.15) is 45.1 Å². The zero-order valence-electron chi connectivity index (χ0n) is 14.2. The number of hydrogen-bond acceptors (Lipinski definition) is 2. The summed E-state index contributed by atoms with van der Waals surface area (Å²) in [6.45, 7) is 4.11. The van der Waals surface area contributed by atoms with Gasteiger partial charge in [-0.2, -0.15) is 13.2 Å². The van der Waals surface area contributed by atoms with Crippen molar-refractivity contribution < 1.29 is 22.8 Å². The Morgan fingerprint density at radius 3 is 2.16 bits per heavy atom. The fraction of sp³-hybridized carbons (Fsp3) is 0.529. The molecule has 1 saturated carbocycles. The number of hydrogen-bond donors (Lipinski definition) is 3. The molecule has 25 heavy (non-hydrogen) atoms. The summed E-state index contributed by atoms with van der Waals surface area (Å²) in [6.07, 6.45) is -2.54. The Kier molecular flexibility index (Phi) is 5.02. The van der Waals surface area contributed by atoms with Crippen molar-refractivity contribution in [3.63, 3.8) is 0 Å². The van der Waals surface area contributed by atoms with Crippen molar-refractivity contribution in [2.24, 2.45) is 11.1 Å². The van der Waals surface area contributed by atoms with Gasteiger partial charge in [0.15, 0.2) is 0 Å². The first-order valence-corrected chi connectivity index (χ1v) is 8.01. The van der Waals surface area contributed by atoms with E-state index >= 15 is 0 Å². The average Bonchev–Trinajstić information content (AvgIpc) is 2.49. The molecule has 0 saturated heterocycles. The maximum Gasteiger partial charge on any atom is 0.418 e. The maximum absolute atomic E-state index is 13.0. The van der Waals surface area contributed by atoms with Gasteiger partial charge in [0, 0.05) is 0 Å². The molecule has 3 amide bonds. The Bertz CT molecular complexity index is 661. The van der Waals surface area contributed by atoms with Crippen LogP contribution >= 0.6 is 0 Å². The van der Waals surface area contributed by atoms with Crippen LogP contribution < -0.4 is 16.4 Å². The van der Waals surface area contributed by atoms with Crippen molar-refractivity contribution in [2.75, 3.05) is 5.32 Å². The number of carbonyl (C=O) groups excluding carboxylic acids is 2. The number of primary amides is 1. The second-order valence-electron chi connectivity index (χ2n) is 7.23. The van der Waals surface area contributed by atoms with E-state index in [1.54, 1.807) is 0 Å². The van der Waals surface area contributed by atoms with Crippen molar-refractivity contribution in [2.45, 2.75) is 51.2 Å². The predicted molar refractivity (Wildman–Crippen MR) is 87.8 cm³/mol. The molecule has 0 spiro atoms. The first-order valence-electron chi connectivity index (χ1n) is 8.01. The monoisotopic (exact) mass is 357 g/mol. The normalized spacial score (nSPS) is 19.1. The van der Waals surface area contributed by atoms with Crippen molar-refractivity contribution in [3.8, 4) is 0 Å². The van der Waals surface area contributed by atoms with E-state index in [4.69, 9.17) is 5.73 Å². The molecule has 1 aromatic rings. The van der Waals surface area contributed by atoms with Gasteiger partial charge in [-0.3, -0.25) is 4.79 Å². The molecule has 0 atom stereocenters. The Morgan fingerprint density at radius 1 is 1.08 bits per heavy atom. The fourth-order valence-corrected chi connectivity index (χ4v) is 3.00. The van der Waals surface area contributed by atoms with Gasteiger partial charge in [-0.05, 0) is 43.2 Å². The SMILES string of the molecule is CC1(C)CCC(NC(=O)Nc2ccccc2C(F)(F)F)(C(N)=O)CC1. The van der Waals surface area contributed by atoms with Crippen molar-refractivity contribution in [1.29, 1.82) is 0 Å². The molecule has 0 radical (unpaired) electrons. The average molecular weight is 357 g/mol. The molecule has 138 valence electrons. The number of carbonyl (C=O) groups is 2. The van der Waals surface area contributed by atoms with Crippen molar-refractivity contribution >= 4 is 17.6 Å². The Labute approximate surface area is 144 Å². The highest BCUT2D eigenvalue weighted by Gasteiger charge is 2.44. The Morgan fingerprint density at radius 2 is 1.64 bits per heavy atom. The molecule has 1 aliphatic rings. The lowest BCUT2D eigenvalue weighted by molar-refractivity contribution is -0.137. The number of para-hydroxylation sites is 1. The highest BCUT2D eigenvalue weighted by molar-refractivity contribution is 5.96. The number of alkyl halides is 3. The molecular formula is C17H22F3N3O2. The van der Waals surface area contributed by atoms with Crippen LogP contribution in [0.25, 0.3) is 0 Å². The molecule has 1 aromatic carbocycles. The van der Waals surface area contributed by atoms with Crippen molar-refractivity contribution in [1.82, 2.24) is 5.32 Å². The van der Waals surface area contributed by atoms with Gasteiger partial charge in [0.1, 0.15) is 5.54 Å². The molecule has 0 heterocycles. The minimum atomic E-state index is -4.60. The molecule has 8 heteroatoms. The number of rotatable bonds is 3. The summed E-state index contributed by atoms with van der Waals surface area (Å²) in [6, 6.07) is 3.78. The van der Waals surface area contributed by atoms with Crippen LogP contribution in [0.15, 0.2) is 24.3 Å². The number of nitrogens with one attached hydrogen (secondary N) is 2. The molecule has 1 aliphatic carbocycles. The predicted octanol–water partition coefficient (Wildman–Crippen LogP) is 3.65. The molecule has 0 unspecified atom stereocenters. The summed E-state index contributed by atoms with van der Waals surface area (Å²) in [7, 11) is 0. The third kappa shape index (κ3) is 4.43. The van der Waals surface area contributed by atoms with Gasteiger partial charge in [-0.1, -0.05) is 26.0 Å². The summed E-state index contributed by atoms with van der Waals surface area (Å²) < 4.78 is 39.0. The van der Waals surface area contributed by atoms with Crippen LogP contribution in [-0.4, -0.2) is 17.5 Å². The van der Waals surface area contributed by atoms with Gasteiger partial charge in [-0.15, -0.1) is 0 Å². The standard InChI is InChI=1S/C17H22F3N3O2/c1-15(2)7-9-16(10-8-15,13(21)24)23-14(25)22-12-6-4-3-5-11(12)17(18,19)20/h3-6H,7-10H2,1-2H3,(H2,21,24)(H2,22,23,25). The third-order valence-corrected chi connectivity index (χ3v) is 4.76. The number of halogens is 3. The van der Waals surface area contributed by atoms with Crippen LogP contribution in [0.2, 0.25) is 0 Å². The minimum absolute atomic E-state index is 0.0278. The maximum atomic E-state index is 13.0. The summed E-state index contributed by atoms with van der Waals surface area (Å²) in [5, 5.41) is 4.69. The second kappa shape index (κ2) is 6.57. The number of amides is 3. The number of urea groups is 1. The van der Waals surface area contributed by atoms with E-state index in [0.717, 1.165) is 12.1 Å². The van der Waals surface area contributed by atoms with E-state index in [-0.39, 0.29) is 11.1 Å². The van der Waals surface area contributed by atoms with Crippen LogP contribution in [0.4, 0.5) is 23.7 Å². The van der Waals surface area contributed by atoms with Gasteiger partial charge >= 0.3 is 12.2 Å². The second-order valence-corrected chi connectivity index (χ2v) is 7.23. The van der Waals surface area contributed by atoms with Gasteiger partial charge in [-0.25, -0.2) is 4.79 Å². The molecule has 5 nitrogen and oxygen atoms in total. The first kappa shape index (κ1) is 19.1. The number of benzene rings is 1. The van der Waals surface area contributed by atoms with Gasteiger partial charge in [0.05, 0.1) is 11.3 Å². The van der Waals surface area contributed by atoms with E-state index in [2.05, 4.69) is 24.5 Å². The van der Waals surface area contributed by atoms with Gasteiger partial charge in [0.2, 0.25) is 5.91 Å². The fourth-order valence-electron chi connectivity index (χ4n) is 3.00. The molecule has 0 bridgehead atoms. The minimum Gasteiger partial charge on any atom is -0.368 e. The smallest absolute Gasteiger partial charge is 0.368 e. The van der Waals surface area contributed by atoms with Crippen molar-refractivity contribution in [3.05, 3.63) is 29.8 Å². The highest BCUT2D eigenvalue weighted by Crippen LogP contribution is 2.40.